The normalized spacial score (nSPS) is 15.9. The predicted molar refractivity (Wildman–Crippen MR) is 95.0 cm³/mol. The van der Waals surface area contributed by atoms with E-state index in [-0.39, 0.29) is 12.3 Å². The number of benzene rings is 2. The smallest absolute Gasteiger partial charge is 0.249 e. The highest BCUT2D eigenvalue weighted by atomic mass is 19.1. The summed E-state index contributed by atoms with van der Waals surface area (Å²) in [5.41, 5.74) is 1.87. The van der Waals surface area contributed by atoms with E-state index in [1.165, 1.54) is 22.9 Å². The van der Waals surface area contributed by atoms with Gasteiger partial charge in [0.05, 0.1) is 12.1 Å². The van der Waals surface area contributed by atoms with Crippen molar-refractivity contribution in [3.8, 4) is 11.3 Å². The zero-order chi connectivity index (χ0) is 18.1. The fourth-order valence-electron chi connectivity index (χ4n) is 2.93. The van der Waals surface area contributed by atoms with Gasteiger partial charge in [0, 0.05) is 17.3 Å². The van der Waals surface area contributed by atoms with Crippen molar-refractivity contribution in [3.05, 3.63) is 66.5 Å². The number of carbonyl (C=O) groups excluding carboxylic acids is 2. The highest BCUT2D eigenvalue weighted by Crippen LogP contribution is 2.30. The molecule has 2 aromatic carbocycles. The van der Waals surface area contributed by atoms with E-state index in [0.717, 1.165) is 5.56 Å². The number of rotatable bonds is 3. The summed E-state index contributed by atoms with van der Waals surface area (Å²) < 4.78 is 14.8. The third kappa shape index (κ3) is 3.06. The molecule has 3 aromatic rings. The number of anilines is 2. The number of fused-ring (bicyclic) bond motifs is 1. The third-order valence-corrected chi connectivity index (χ3v) is 4.14. The molecular weight excluding hydrogens is 335 g/mol. The van der Waals surface area contributed by atoms with Gasteiger partial charge in [-0.3, -0.25) is 9.59 Å². The van der Waals surface area contributed by atoms with Crippen LogP contribution in [0.2, 0.25) is 0 Å². The van der Waals surface area contributed by atoms with E-state index >= 15 is 0 Å². The van der Waals surface area contributed by atoms with Crippen molar-refractivity contribution < 1.29 is 14.0 Å². The zero-order valence-corrected chi connectivity index (χ0v) is 13.6. The number of amides is 2. The maximum Gasteiger partial charge on any atom is 0.249 e. The van der Waals surface area contributed by atoms with Crippen molar-refractivity contribution in [1.82, 2.24) is 9.78 Å². The van der Waals surface area contributed by atoms with E-state index in [9.17, 15) is 14.0 Å². The Bertz CT molecular complexity index is 984. The van der Waals surface area contributed by atoms with E-state index < -0.39 is 17.8 Å². The Labute approximate surface area is 148 Å². The highest BCUT2D eigenvalue weighted by molar-refractivity contribution is 6.01. The van der Waals surface area contributed by atoms with Crippen LogP contribution in [0.25, 0.3) is 11.3 Å². The Kier molecular flexibility index (Phi) is 3.96. The fraction of sp³-hybridized carbons (Fsp3) is 0.105. The van der Waals surface area contributed by atoms with Crippen LogP contribution in [0.15, 0.2) is 60.7 Å². The van der Waals surface area contributed by atoms with Gasteiger partial charge in [0.15, 0.2) is 0 Å². The summed E-state index contributed by atoms with van der Waals surface area (Å²) in [7, 11) is 0. The zero-order valence-electron chi connectivity index (χ0n) is 13.6. The number of hydrogen-bond acceptors (Lipinski definition) is 3. The lowest BCUT2D eigenvalue weighted by molar-refractivity contribution is -0.125. The summed E-state index contributed by atoms with van der Waals surface area (Å²) in [6.07, 6.45) is -0.0376. The minimum absolute atomic E-state index is 0.0376. The van der Waals surface area contributed by atoms with Gasteiger partial charge in [0.1, 0.15) is 17.7 Å². The average molecular weight is 350 g/mol. The van der Waals surface area contributed by atoms with Crippen LogP contribution < -0.4 is 10.6 Å². The Hall–Kier alpha value is -3.48. The first-order valence-electron chi connectivity index (χ1n) is 8.11. The van der Waals surface area contributed by atoms with Gasteiger partial charge in [-0.2, -0.15) is 5.10 Å². The number of carbonyl (C=O) groups is 2. The molecule has 2 heterocycles. The average Bonchev–Trinajstić information content (AvgIpc) is 3.05. The van der Waals surface area contributed by atoms with E-state index in [0.29, 0.717) is 17.2 Å². The van der Waals surface area contributed by atoms with Gasteiger partial charge in [-0.25, -0.2) is 9.07 Å². The molecule has 6 nitrogen and oxygen atoms in total. The molecule has 26 heavy (non-hydrogen) atoms. The molecule has 7 heteroatoms. The van der Waals surface area contributed by atoms with E-state index in [1.54, 1.807) is 12.1 Å². The summed E-state index contributed by atoms with van der Waals surface area (Å²) in [5.74, 6) is -0.680. The molecular formula is C19H15FN4O2. The maximum absolute atomic E-state index is 13.3. The van der Waals surface area contributed by atoms with E-state index in [4.69, 9.17) is 0 Å². The fourth-order valence-corrected chi connectivity index (χ4v) is 2.93. The van der Waals surface area contributed by atoms with Gasteiger partial charge in [0.25, 0.3) is 0 Å². The number of aromatic nitrogens is 2. The van der Waals surface area contributed by atoms with E-state index in [2.05, 4.69) is 15.7 Å². The number of nitrogens with zero attached hydrogens (tertiary/aromatic N) is 2. The SMILES string of the molecule is O=C1CC(C(=O)Nc2cccc(F)c2)n2nc(-c3ccccc3)cc2N1. The Balaban J connectivity index is 1.65. The van der Waals surface area contributed by atoms with Crippen LogP contribution >= 0.6 is 0 Å². The second kappa shape index (κ2) is 6.44. The van der Waals surface area contributed by atoms with Crippen molar-refractivity contribution in [2.75, 3.05) is 10.6 Å². The van der Waals surface area contributed by atoms with Gasteiger partial charge in [0.2, 0.25) is 11.8 Å². The minimum atomic E-state index is -0.806. The molecule has 130 valence electrons. The Morgan fingerprint density at radius 1 is 1.15 bits per heavy atom. The summed E-state index contributed by atoms with van der Waals surface area (Å²) in [5, 5.41) is 9.86. The van der Waals surface area contributed by atoms with Crippen LogP contribution in [0.5, 0.6) is 0 Å². The lowest BCUT2D eigenvalue weighted by atomic mass is 10.1. The first-order chi connectivity index (χ1) is 12.6. The van der Waals surface area contributed by atoms with Crippen molar-refractivity contribution in [1.29, 1.82) is 0 Å². The van der Waals surface area contributed by atoms with Gasteiger partial charge in [-0.05, 0) is 18.2 Å². The van der Waals surface area contributed by atoms with Crippen molar-refractivity contribution in [2.45, 2.75) is 12.5 Å². The van der Waals surface area contributed by atoms with Crippen LogP contribution in [0.1, 0.15) is 12.5 Å². The van der Waals surface area contributed by atoms with Crippen molar-refractivity contribution in [2.24, 2.45) is 0 Å². The molecule has 0 saturated carbocycles. The standard InChI is InChI=1S/C19H15FN4O2/c20-13-7-4-8-14(9-13)21-19(26)16-11-18(25)22-17-10-15(23-24(16)17)12-5-2-1-3-6-12/h1-10,16H,11H2,(H,21,26)(H,22,25). The lowest BCUT2D eigenvalue weighted by Crippen LogP contribution is -2.35. The summed E-state index contributed by atoms with van der Waals surface area (Å²) in [4.78, 5) is 24.7. The van der Waals surface area contributed by atoms with E-state index in [1.807, 2.05) is 30.3 Å². The lowest BCUT2D eigenvalue weighted by Gasteiger charge is -2.23. The molecule has 1 unspecified atom stereocenters. The molecule has 1 aliphatic rings. The van der Waals surface area contributed by atoms with Crippen LogP contribution in [0, 0.1) is 5.82 Å². The number of nitrogens with one attached hydrogen (secondary N) is 2. The molecule has 0 aliphatic carbocycles. The molecule has 0 bridgehead atoms. The molecule has 0 fully saturated rings. The van der Waals surface area contributed by atoms with Gasteiger partial charge >= 0.3 is 0 Å². The van der Waals surface area contributed by atoms with Crippen LogP contribution in [-0.4, -0.2) is 21.6 Å². The molecule has 0 spiro atoms. The van der Waals surface area contributed by atoms with Crippen molar-refractivity contribution in [3.63, 3.8) is 0 Å². The molecule has 1 aliphatic heterocycles. The quantitative estimate of drug-likeness (QED) is 0.762. The maximum atomic E-state index is 13.3. The highest BCUT2D eigenvalue weighted by Gasteiger charge is 2.32. The largest absolute Gasteiger partial charge is 0.324 e. The topological polar surface area (TPSA) is 76.0 Å². The van der Waals surface area contributed by atoms with Crippen LogP contribution in [-0.2, 0) is 9.59 Å². The van der Waals surface area contributed by atoms with Gasteiger partial charge < -0.3 is 10.6 Å². The van der Waals surface area contributed by atoms with Crippen LogP contribution in [0.3, 0.4) is 0 Å². The summed E-state index contributed by atoms with van der Waals surface area (Å²) >= 11 is 0. The molecule has 1 aromatic heterocycles. The first-order valence-corrected chi connectivity index (χ1v) is 8.11. The van der Waals surface area contributed by atoms with Gasteiger partial charge in [-0.1, -0.05) is 36.4 Å². The molecule has 0 saturated heterocycles. The summed E-state index contributed by atoms with van der Waals surface area (Å²) in [6, 6.07) is 16.0. The molecule has 1 atom stereocenters. The second-order valence-electron chi connectivity index (χ2n) is 5.99. The third-order valence-electron chi connectivity index (χ3n) is 4.14. The van der Waals surface area contributed by atoms with Crippen LogP contribution in [0.4, 0.5) is 15.9 Å². The first kappa shape index (κ1) is 16.0. The number of halogens is 1. The monoisotopic (exact) mass is 350 g/mol. The molecule has 0 radical (unpaired) electrons. The Morgan fingerprint density at radius 3 is 2.73 bits per heavy atom. The number of hydrogen-bond donors (Lipinski definition) is 2. The molecule has 2 N–H and O–H groups in total. The Morgan fingerprint density at radius 2 is 1.96 bits per heavy atom. The molecule has 4 rings (SSSR count). The second-order valence-corrected chi connectivity index (χ2v) is 5.99. The summed E-state index contributed by atoms with van der Waals surface area (Å²) in [6.45, 7) is 0. The predicted octanol–water partition coefficient (Wildman–Crippen LogP) is 3.21. The molecule has 2 amide bonds. The van der Waals surface area contributed by atoms with Crippen molar-refractivity contribution >= 4 is 23.3 Å². The van der Waals surface area contributed by atoms with Gasteiger partial charge in [-0.15, -0.1) is 0 Å². The minimum Gasteiger partial charge on any atom is -0.324 e.